The summed E-state index contributed by atoms with van der Waals surface area (Å²) in [5.74, 6) is 0.465. The molecule has 0 saturated carbocycles. The minimum atomic E-state index is -0.0803. The Morgan fingerprint density at radius 3 is 3.12 bits per heavy atom. The van der Waals surface area contributed by atoms with E-state index >= 15 is 0 Å². The van der Waals surface area contributed by atoms with Gasteiger partial charge in [-0.1, -0.05) is 0 Å². The lowest BCUT2D eigenvalue weighted by Gasteiger charge is -2.09. The summed E-state index contributed by atoms with van der Waals surface area (Å²) >= 11 is 0. The van der Waals surface area contributed by atoms with Crippen molar-refractivity contribution in [2.75, 3.05) is 11.9 Å². The summed E-state index contributed by atoms with van der Waals surface area (Å²) in [4.78, 5) is 15.6. The Morgan fingerprint density at radius 2 is 2.35 bits per heavy atom. The van der Waals surface area contributed by atoms with Gasteiger partial charge in [0.15, 0.2) is 5.82 Å². The van der Waals surface area contributed by atoms with Gasteiger partial charge in [0.2, 0.25) is 11.6 Å². The van der Waals surface area contributed by atoms with Gasteiger partial charge in [0.25, 0.3) is 0 Å². The van der Waals surface area contributed by atoms with Gasteiger partial charge in [0, 0.05) is 18.4 Å². The molecule has 2 heterocycles. The fourth-order valence-corrected chi connectivity index (χ4v) is 1.42. The molecule has 1 amide bonds. The summed E-state index contributed by atoms with van der Waals surface area (Å²) < 4.78 is 1.73. The largest absolute Gasteiger partial charge is 0.358 e. The van der Waals surface area contributed by atoms with Crippen molar-refractivity contribution < 1.29 is 4.79 Å². The van der Waals surface area contributed by atoms with E-state index in [9.17, 15) is 4.79 Å². The molecule has 2 rings (SSSR count). The van der Waals surface area contributed by atoms with Crippen molar-refractivity contribution in [3.05, 3.63) is 18.7 Å². The quantitative estimate of drug-likeness (QED) is 0.781. The van der Waals surface area contributed by atoms with Crippen LogP contribution in [0.2, 0.25) is 0 Å². The summed E-state index contributed by atoms with van der Waals surface area (Å²) in [7, 11) is 0. The van der Waals surface area contributed by atoms with Crippen molar-refractivity contribution in [1.82, 2.24) is 24.9 Å². The lowest BCUT2D eigenvalue weighted by molar-refractivity contribution is -0.119. The summed E-state index contributed by atoms with van der Waals surface area (Å²) in [6.07, 6.45) is 4.95. The van der Waals surface area contributed by atoms with Gasteiger partial charge in [-0.25, -0.2) is 4.98 Å². The van der Waals surface area contributed by atoms with Crippen LogP contribution in [0.15, 0.2) is 18.7 Å². The molecule has 7 heteroatoms. The smallest absolute Gasteiger partial charge is 0.239 e. The van der Waals surface area contributed by atoms with Crippen LogP contribution in [0.1, 0.15) is 13.8 Å². The van der Waals surface area contributed by atoms with E-state index in [2.05, 4.69) is 25.8 Å². The number of amides is 1. The third-order valence-corrected chi connectivity index (χ3v) is 2.08. The highest BCUT2D eigenvalue weighted by molar-refractivity contribution is 5.81. The van der Waals surface area contributed by atoms with Gasteiger partial charge in [0.1, 0.15) is 6.33 Å². The van der Waals surface area contributed by atoms with Crippen LogP contribution in [0.3, 0.4) is 0 Å². The maximum atomic E-state index is 11.5. The molecule has 0 aromatic carbocycles. The predicted molar refractivity (Wildman–Crippen MR) is 62.6 cm³/mol. The zero-order chi connectivity index (χ0) is 12.3. The maximum Gasteiger partial charge on any atom is 0.239 e. The van der Waals surface area contributed by atoms with Gasteiger partial charge < -0.3 is 10.6 Å². The summed E-state index contributed by atoms with van der Waals surface area (Å²) in [6, 6.07) is 0.126. The number of nitrogens with zero attached hydrogens (tertiary/aromatic N) is 4. The van der Waals surface area contributed by atoms with E-state index in [1.54, 1.807) is 23.1 Å². The molecule has 0 aliphatic carbocycles. The van der Waals surface area contributed by atoms with E-state index < -0.39 is 0 Å². The Hall–Kier alpha value is -2.18. The first-order valence-corrected chi connectivity index (χ1v) is 5.34. The van der Waals surface area contributed by atoms with Crippen molar-refractivity contribution in [2.24, 2.45) is 0 Å². The average molecular weight is 234 g/mol. The van der Waals surface area contributed by atoms with Crippen LogP contribution in [0.5, 0.6) is 0 Å². The number of aromatic nitrogens is 4. The van der Waals surface area contributed by atoms with Crippen LogP contribution in [0, 0.1) is 0 Å². The van der Waals surface area contributed by atoms with E-state index in [1.165, 1.54) is 0 Å². The summed E-state index contributed by atoms with van der Waals surface area (Å²) in [5, 5.41) is 13.4. The van der Waals surface area contributed by atoms with E-state index in [0.717, 1.165) is 0 Å². The van der Waals surface area contributed by atoms with Gasteiger partial charge in [-0.15, -0.1) is 10.2 Å². The number of fused-ring (bicyclic) bond motifs is 1. The summed E-state index contributed by atoms with van der Waals surface area (Å²) in [5.41, 5.74) is 0.602. The van der Waals surface area contributed by atoms with Crippen molar-refractivity contribution in [3.63, 3.8) is 0 Å². The molecule has 0 fully saturated rings. The van der Waals surface area contributed by atoms with Gasteiger partial charge >= 0.3 is 0 Å². The van der Waals surface area contributed by atoms with Crippen molar-refractivity contribution >= 4 is 17.4 Å². The Bertz CT molecular complexity index is 520. The molecule has 0 saturated heterocycles. The number of hydrogen-bond donors (Lipinski definition) is 2. The average Bonchev–Trinajstić information content (AvgIpc) is 2.73. The second kappa shape index (κ2) is 4.77. The zero-order valence-electron chi connectivity index (χ0n) is 9.71. The van der Waals surface area contributed by atoms with Gasteiger partial charge in [-0.2, -0.15) is 0 Å². The number of rotatable bonds is 4. The molecule has 0 bridgehead atoms. The molecular formula is C10H14N6O. The van der Waals surface area contributed by atoms with Crippen molar-refractivity contribution in [1.29, 1.82) is 0 Å². The van der Waals surface area contributed by atoms with Crippen LogP contribution in [0.4, 0.5) is 5.82 Å². The predicted octanol–water partition coefficient (Wildman–Crippen LogP) is 0.0608. The van der Waals surface area contributed by atoms with E-state index in [-0.39, 0.29) is 18.5 Å². The molecule has 90 valence electrons. The minimum absolute atomic E-state index is 0.0803. The first kappa shape index (κ1) is 11.3. The van der Waals surface area contributed by atoms with Crippen LogP contribution in [-0.4, -0.2) is 38.1 Å². The van der Waals surface area contributed by atoms with Crippen molar-refractivity contribution in [2.45, 2.75) is 19.9 Å². The monoisotopic (exact) mass is 234 g/mol. The zero-order valence-corrected chi connectivity index (χ0v) is 9.71. The third kappa shape index (κ3) is 2.68. The molecule has 17 heavy (non-hydrogen) atoms. The third-order valence-electron chi connectivity index (χ3n) is 2.08. The van der Waals surface area contributed by atoms with E-state index in [4.69, 9.17) is 0 Å². The fourth-order valence-electron chi connectivity index (χ4n) is 1.42. The van der Waals surface area contributed by atoms with Gasteiger partial charge in [0.05, 0.1) is 6.54 Å². The summed E-state index contributed by atoms with van der Waals surface area (Å²) in [6.45, 7) is 3.99. The first-order chi connectivity index (χ1) is 8.16. The number of nitrogens with one attached hydrogen (secondary N) is 2. The van der Waals surface area contributed by atoms with Gasteiger partial charge in [-0.05, 0) is 13.8 Å². The maximum absolute atomic E-state index is 11.5. The second-order valence-electron chi connectivity index (χ2n) is 3.91. The molecular weight excluding hydrogens is 220 g/mol. The highest BCUT2D eigenvalue weighted by atomic mass is 16.1. The number of carbonyl (C=O) groups excluding carboxylic acids is 1. The van der Waals surface area contributed by atoms with Crippen LogP contribution >= 0.6 is 0 Å². The fraction of sp³-hybridized carbons (Fsp3) is 0.400. The molecule has 0 atom stereocenters. The minimum Gasteiger partial charge on any atom is -0.358 e. The second-order valence-corrected chi connectivity index (χ2v) is 3.91. The molecule has 7 nitrogen and oxygen atoms in total. The number of carbonyl (C=O) groups is 1. The highest BCUT2D eigenvalue weighted by Crippen LogP contribution is 2.08. The van der Waals surface area contributed by atoms with Gasteiger partial charge in [-0.3, -0.25) is 9.20 Å². The van der Waals surface area contributed by atoms with Crippen LogP contribution in [0.25, 0.3) is 5.65 Å². The first-order valence-electron chi connectivity index (χ1n) is 5.34. The topological polar surface area (TPSA) is 84.2 Å². The number of hydrogen-bond acceptors (Lipinski definition) is 5. The Morgan fingerprint density at radius 1 is 1.53 bits per heavy atom. The Labute approximate surface area is 98.3 Å². The number of anilines is 1. The molecule has 2 aromatic rings. The molecule has 0 spiro atoms. The lowest BCUT2D eigenvalue weighted by atomic mass is 10.4. The molecule has 2 N–H and O–H groups in total. The normalized spacial score (nSPS) is 10.8. The van der Waals surface area contributed by atoms with Crippen LogP contribution < -0.4 is 10.6 Å². The van der Waals surface area contributed by atoms with E-state index in [0.29, 0.717) is 11.5 Å². The SMILES string of the molecule is CC(C)NC(=O)CNc1nccn2cnnc12. The highest BCUT2D eigenvalue weighted by Gasteiger charge is 2.07. The molecule has 0 radical (unpaired) electrons. The lowest BCUT2D eigenvalue weighted by Crippen LogP contribution is -2.35. The van der Waals surface area contributed by atoms with Crippen LogP contribution in [-0.2, 0) is 4.79 Å². The molecule has 0 aliphatic heterocycles. The molecule has 2 aromatic heterocycles. The van der Waals surface area contributed by atoms with Crippen molar-refractivity contribution in [3.8, 4) is 0 Å². The Balaban J connectivity index is 2.04. The molecule has 0 unspecified atom stereocenters. The standard InChI is InChI=1S/C10H14N6O/c1-7(2)14-8(17)5-12-9-10-15-13-6-16(10)4-3-11-9/h3-4,6-7H,5H2,1-2H3,(H,11,12)(H,14,17). The molecule has 0 aliphatic rings. The van der Waals surface area contributed by atoms with E-state index in [1.807, 2.05) is 13.8 Å². The Kier molecular flexibility index (Phi) is 3.17.